The molecule has 1 aliphatic carbocycles. The fourth-order valence-electron chi connectivity index (χ4n) is 1.51. The van der Waals surface area contributed by atoms with Crippen molar-refractivity contribution < 1.29 is 9.66 Å². The topological polar surface area (TPSA) is 90.4 Å². The maximum atomic E-state index is 10.7. The van der Waals surface area contributed by atoms with Crippen LogP contribution in [-0.2, 0) is 0 Å². The fraction of sp³-hybridized carbons (Fsp3) is 0.400. The molecule has 1 aliphatic rings. The van der Waals surface area contributed by atoms with E-state index in [4.69, 9.17) is 10.5 Å². The molecule has 0 spiro atoms. The molecule has 1 aromatic rings. The van der Waals surface area contributed by atoms with E-state index in [-0.39, 0.29) is 23.5 Å². The Morgan fingerprint density at radius 2 is 2.31 bits per heavy atom. The van der Waals surface area contributed by atoms with Crippen LogP contribution in [0.4, 0.5) is 11.4 Å². The summed E-state index contributed by atoms with van der Waals surface area (Å²) in [7, 11) is 1.41. The normalized spacial score (nSPS) is 22.6. The number of methoxy groups -OCH3 is 1. The number of nitro groups is 1. The van der Waals surface area contributed by atoms with Crippen molar-refractivity contribution in [2.45, 2.75) is 18.5 Å². The van der Waals surface area contributed by atoms with Crippen LogP contribution in [-0.4, -0.2) is 24.1 Å². The zero-order valence-electron chi connectivity index (χ0n) is 8.84. The van der Waals surface area contributed by atoms with Crippen LogP contribution in [0.3, 0.4) is 0 Å². The minimum absolute atomic E-state index is 0.0341. The highest BCUT2D eigenvalue weighted by Gasteiger charge is 2.33. The van der Waals surface area contributed by atoms with E-state index in [0.29, 0.717) is 0 Å². The predicted octanol–water partition coefficient (Wildman–Crippen LogP) is 1.11. The van der Waals surface area contributed by atoms with Crippen LogP contribution in [0.25, 0.3) is 0 Å². The number of hydrogen-bond donors (Lipinski definition) is 2. The molecule has 0 heterocycles. The zero-order chi connectivity index (χ0) is 11.7. The second-order valence-corrected chi connectivity index (χ2v) is 3.79. The summed E-state index contributed by atoms with van der Waals surface area (Å²) in [4.78, 5) is 10.2. The highest BCUT2D eigenvalue weighted by Crippen LogP contribution is 2.32. The molecule has 86 valence electrons. The molecule has 2 rings (SSSR count). The summed E-state index contributed by atoms with van der Waals surface area (Å²) in [5, 5.41) is 13.8. The standard InChI is InChI=1S/C10H13N3O3/c1-16-10-4-6(12-8-5-7(8)11)2-3-9(10)13(14)15/h2-4,7-8,12H,5,11H2,1H3. The third-order valence-electron chi connectivity index (χ3n) is 2.57. The van der Waals surface area contributed by atoms with E-state index >= 15 is 0 Å². The number of nitrogens with two attached hydrogens (primary N) is 1. The van der Waals surface area contributed by atoms with Gasteiger partial charge in [0.15, 0.2) is 5.75 Å². The van der Waals surface area contributed by atoms with Crippen molar-refractivity contribution in [1.82, 2.24) is 0 Å². The van der Waals surface area contributed by atoms with Gasteiger partial charge in [0, 0.05) is 29.9 Å². The van der Waals surface area contributed by atoms with Gasteiger partial charge in [-0.3, -0.25) is 10.1 Å². The molecule has 1 saturated carbocycles. The van der Waals surface area contributed by atoms with E-state index in [1.54, 1.807) is 12.1 Å². The smallest absolute Gasteiger partial charge is 0.311 e. The van der Waals surface area contributed by atoms with E-state index in [0.717, 1.165) is 12.1 Å². The van der Waals surface area contributed by atoms with Crippen LogP contribution in [0.1, 0.15) is 6.42 Å². The highest BCUT2D eigenvalue weighted by molar-refractivity contribution is 5.58. The molecule has 0 aliphatic heterocycles. The molecule has 0 bridgehead atoms. The van der Waals surface area contributed by atoms with Crippen molar-refractivity contribution in [1.29, 1.82) is 0 Å². The van der Waals surface area contributed by atoms with Crippen LogP contribution in [0.5, 0.6) is 5.75 Å². The third-order valence-corrected chi connectivity index (χ3v) is 2.57. The summed E-state index contributed by atoms with van der Waals surface area (Å²) in [5.74, 6) is 0.254. The highest BCUT2D eigenvalue weighted by atomic mass is 16.6. The van der Waals surface area contributed by atoms with E-state index in [1.165, 1.54) is 13.2 Å². The number of benzene rings is 1. The molecule has 6 heteroatoms. The quantitative estimate of drug-likeness (QED) is 0.589. The number of nitrogens with one attached hydrogen (secondary N) is 1. The van der Waals surface area contributed by atoms with Crippen LogP contribution >= 0.6 is 0 Å². The lowest BCUT2D eigenvalue weighted by Crippen LogP contribution is -2.13. The minimum atomic E-state index is -0.467. The van der Waals surface area contributed by atoms with Gasteiger partial charge < -0.3 is 15.8 Å². The van der Waals surface area contributed by atoms with Gasteiger partial charge in [-0.25, -0.2) is 0 Å². The lowest BCUT2D eigenvalue weighted by Gasteiger charge is -2.07. The summed E-state index contributed by atoms with van der Waals surface area (Å²) in [6.45, 7) is 0. The van der Waals surface area contributed by atoms with E-state index in [1.807, 2.05) is 0 Å². The maximum Gasteiger partial charge on any atom is 0.311 e. The molecule has 0 aromatic heterocycles. The molecule has 1 fully saturated rings. The Bertz CT molecular complexity index is 422. The summed E-state index contributed by atoms with van der Waals surface area (Å²) < 4.78 is 4.96. The Kier molecular flexibility index (Phi) is 2.66. The van der Waals surface area contributed by atoms with Crippen molar-refractivity contribution in [3.05, 3.63) is 28.3 Å². The molecule has 6 nitrogen and oxygen atoms in total. The molecule has 1 aromatic carbocycles. The second kappa shape index (κ2) is 3.97. The molecular weight excluding hydrogens is 210 g/mol. The Hall–Kier alpha value is -1.82. The summed E-state index contributed by atoms with van der Waals surface area (Å²) in [6, 6.07) is 5.15. The van der Waals surface area contributed by atoms with Crippen molar-refractivity contribution >= 4 is 11.4 Å². The fourth-order valence-corrected chi connectivity index (χ4v) is 1.51. The number of ether oxygens (including phenoxy) is 1. The lowest BCUT2D eigenvalue weighted by molar-refractivity contribution is -0.385. The Morgan fingerprint density at radius 1 is 1.62 bits per heavy atom. The first kappa shape index (κ1) is 10.7. The molecule has 0 radical (unpaired) electrons. The molecule has 3 N–H and O–H groups in total. The average Bonchev–Trinajstić information content (AvgIpc) is 2.93. The summed E-state index contributed by atoms with van der Waals surface area (Å²) in [6.07, 6.45) is 0.930. The van der Waals surface area contributed by atoms with Crippen molar-refractivity contribution in [2.24, 2.45) is 5.73 Å². The van der Waals surface area contributed by atoms with E-state index in [9.17, 15) is 10.1 Å². The largest absolute Gasteiger partial charge is 0.490 e. The van der Waals surface area contributed by atoms with Gasteiger partial charge in [0.2, 0.25) is 0 Å². The average molecular weight is 223 g/mol. The zero-order valence-corrected chi connectivity index (χ0v) is 8.84. The van der Waals surface area contributed by atoms with Gasteiger partial charge in [0.1, 0.15) is 0 Å². The number of hydrogen-bond acceptors (Lipinski definition) is 5. The summed E-state index contributed by atoms with van der Waals surface area (Å²) >= 11 is 0. The van der Waals surface area contributed by atoms with Gasteiger partial charge in [0.25, 0.3) is 0 Å². The van der Waals surface area contributed by atoms with Crippen molar-refractivity contribution in [2.75, 3.05) is 12.4 Å². The summed E-state index contributed by atoms with van der Waals surface area (Å²) in [5.41, 5.74) is 6.42. The second-order valence-electron chi connectivity index (χ2n) is 3.79. The van der Waals surface area contributed by atoms with Gasteiger partial charge >= 0.3 is 5.69 Å². The van der Waals surface area contributed by atoms with Crippen LogP contribution in [0, 0.1) is 10.1 Å². The first-order valence-electron chi connectivity index (χ1n) is 4.96. The van der Waals surface area contributed by atoms with Gasteiger partial charge in [-0.1, -0.05) is 0 Å². The first-order chi connectivity index (χ1) is 7.61. The molecule has 2 unspecified atom stereocenters. The van der Waals surface area contributed by atoms with Crippen LogP contribution < -0.4 is 15.8 Å². The molecular formula is C10H13N3O3. The Labute approximate surface area is 92.5 Å². The van der Waals surface area contributed by atoms with Crippen LogP contribution in [0.15, 0.2) is 18.2 Å². The van der Waals surface area contributed by atoms with Gasteiger partial charge in [-0.05, 0) is 12.5 Å². The van der Waals surface area contributed by atoms with Crippen LogP contribution in [0.2, 0.25) is 0 Å². The Morgan fingerprint density at radius 3 is 2.81 bits per heavy atom. The van der Waals surface area contributed by atoms with Crippen molar-refractivity contribution in [3.8, 4) is 5.75 Å². The molecule has 16 heavy (non-hydrogen) atoms. The molecule has 0 amide bonds. The third kappa shape index (κ3) is 2.06. The molecule has 2 atom stereocenters. The number of anilines is 1. The SMILES string of the molecule is COc1cc(NC2CC2N)ccc1[N+](=O)[O-]. The number of nitrogens with zero attached hydrogens (tertiary/aromatic N) is 1. The minimum Gasteiger partial charge on any atom is -0.490 e. The predicted molar refractivity (Wildman–Crippen MR) is 59.7 cm³/mol. The van der Waals surface area contributed by atoms with E-state index < -0.39 is 4.92 Å². The first-order valence-corrected chi connectivity index (χ1v) is 4.96. The van der Waals surface area contributed by atoms with Gasteiger partial charge in [-0.2, -0.15) is 0 Å². The Balaban J connectivity index is 2.19. The van der Waals surface area contributed by atoms with Crippen molar-refractivity contribution in [3.63, 3.8) is 0 Å². The number of nitro benzene ring substituents is 1. The maximum absolute atomic E-state index is 10.7. The number of rotatable bonds is 4. The van der Waals surface area contributed by atoms with E-state index in [2.05, 4.69) is 5.32 Å². The van der Waals surface area contributed by atoms with Gasteiger partial charge in [0.05, 0.1) is 12.0 Å². The monoisotopic (exact) mass is 223 g/mol. The van der Waals surface area contributed by atoms with Gasteiger partial charge in [-0.15, -0.1) is 0 Å². The molecule has 0 saturated heterocycles. The lowest BCUT2D eigenvalue weighted by atomic mass is 10.2.